The molecular formula is C21H37N7O12S. The van der Waals surface area contributed by atoms with Crippen molar-refractivity contribution in [2.24, 2.45) is 11.0 Å². The van der Waals surface area contributed by atoms with Gasteiger partial charge in [0.2, 0.25) is 17.1 Å². The lowest BCUT2D eigenvalue weighted by atomic mass is 10.1. The zero-order valence-corrected chi connectivity index (χ0v) is 23.9. The Hall–Kier alpha value is -3.94. The summed E-state index contributed by atoms with van der Waals surface area (Å²) < 4.78 is 39.1. The van der Waals surface area contributed by atoms with Crippen molar-refractivity contribution in [3.05, 3.63) is 5.21 Å². The van der Waals surface area contributed by atoms with Crippen LogP contribution >= 0.6 is 0 Å². The van der Waals surface area contributed by atoms with E-state index in [9.17, 15) is 37.6 Å². The van der Waals surface area contributed by atoms with Crippen LogP contribution in [0.2, 0.25) is 0 Å². The zero-order chi connectivity index (χ0) is 31.0. The summed E-state index contributed by atoms with van der Waals surface area (Å²) in [7, 11) is -1.87. The van der Waals surface area contributed by atoms with Gasteiger partial charge in [-0.3, -0.25) is 19.2 Å². The van der Waals surface area contributed by atoms with Gasteiger partial charge in [0.15, 0.2) is 9.84 Å². The molecule has 0 aromatic heterocycles. The summed E-state index contributed by atoms with van der Waals surface area (Å²) in [4.78, 5) is 65.7. The number of amides is 3. The van der Waals surface area contributed by atoms with Crippen LogP contribution in [-0.2, 0) is 48.1 Å². The van der Waals surface area contributed by atoms with Crippen molar-refractivity contribution in [2.75, 3.05) is 71.7 Å². The molecule has 0 unspecified atom stereocenters. The SMILES string of the molecule is CCOC(=O)N1CCN(/[N+]([O-])=N/OCCS(=O)(=O)C[C@H](NC(=O)CC[C@H](N)C(=O)OC)C(=O)NCC(=O)OC)CC1. The van der Waals surface area contributed by atoms with E-state index in [1.165, 1.54) is 9.91 Å². The number of rotatable bonds is 16. The second kappa shape index (κ2) is 17.7. The first-order valence-electron chi connectivity index (χ1n) is 12.5. The number of hydrogen-bond donors (Lipinski definition) is 3. The maximum Gasteiger partial charge on any atom is 0.409 e. The third-order valence-electron chi connectivity index (χ3n) is 5.53. The molecule has 234 valence electrons. The number of hydrogen-bond acceptors (Lipinski definition) is 14. The number of carbonyl (C=O) groups excluding carboxylic acids is 5. The van der Waals surface area contributed by atoms with Crippen molar-refractivity contribution in [3.8, 4) is 0 Å². The third-order valence-corrected chi connectivity index (χ3v) is 7.16. The predicted molar refractivity (Wildman–Crippen MR) is 137 cm³/mol. The Balaban J connectivity index is 2.68. The van der Waals surface area contributed by atoms with Gasteiger partial charge in [-0.2, -0.15) is 0 Å². The summed E-state index contributed by atoms with van der Waals surface area (Å²) in [6, 6.07) is -2.72. The van der Waals surface area contributed by atoms with Crippen molar-refractivity contribution in [1.82, 2.24) is 20.5 Å². The molecule has 2 atom stereocenters. The van der Waals surface area contributed by atoms with Crippen LogP contribution in [0.4, 0.5) is 4.79 Å². The number of carbonyl (C=O) groups is 5. The lowest BCUT2D eigenvalue weighted by molar-refractivity contribution is -0.712. The number of esters is 2. The minimum atomic E-state index is -4.08. The molecule has 1 aliphatic rings. The molecule has 1 rings (SSSR count). The van der Waals surface area contributed by atoms with Crippen LogP contribution in [0, 0.1) is 5.21 Å². The Kier molecular flexibility index (Phi) is 15.1. The van der Waals surface area contributed by atoms with Crippen LogP contribution in [0.1, 0.15) is 19.8 Å². The van der Waals surface area contributed by atoms with E-state index in [-0.39, 0.29) is 50.6 Å². The van der Waals surface area contributed by atoms with Crippen LogP contribution in [-0.4, -0.2) is 137 Å². The topological polar surface area (TPSA) is 251 Å². The number of ether oxygens (including phenoxy) is 3. The second-order valence-corrected chi connectivity index (χ2v) is 10.7. The highest BCUT2D eigenvalue weighted by Gasteiger charge is 2.29. The Bertz CT molecular complexity index is 1050. The molecular weight excluding hydrogens is 574 g/mol. The molecule has 0 radical (unpaired) electrons. The van der Waals surface area contributed by atoms with Crippen LogP contribution in [0.3, 0.4) is 0 Å². The maximum absolute atomic E-state index is 12.6. The van der Waals surface area contributed by atoms with Gasteiger partial charge in [-0.05, 0) is 13.3 Å². The van der Waals surface area contributed by atoms with Crippen molar-refractivity contribution in [2.45, 2.75) is 31.8 Å². The average Bonchev–Trinajstić information content (AvgIpc) is 2.95. The fourth-order valence-corrected chi connectivity index (χ4v) is 4.51. The molecule has 0 spiro atoms. The number of nitrogens with two attached hydrogens (primary N) is 1. The van der Waals surface area contributed by atoms with Gasteiger partial charge in [0, 0.05) is 19.5 Å². The van der Waals surface area contributed by atoms with E-state index >= 15 is 0 Å². The minimum absolute atomic E-state index is 0.136. The Morgan fingerprint density at radius 2 is 1.76 bits per heavy atom. The molecule has 4 N–H and O–H groups in total. The minimum Gasteiger partial charge on any atom is -0.569 e. The molecule has 20 heteroatoms. The third kappa shape index (κ3) is 13.3. The summed E-state index contributed by atoms with van der Waals surface area (Å²) in [6.07, 6.45) is -0.964. The first-order valence-corrected chi connectivity index (χ1v) is 14.3. The maximum atomic E-state index is 12.6. The van der Waals surface area contributed by atoms with Crippen LogP contribution < -0.4 is 16.4 Å². The van der Waals surface area contributed by atoms with E-state index < -0.39 is 76.4 Å². The fourth-order valence-electron chi connectivity index (χ4n) is 3.27. The largest absolute Gasteiger partial charge is 0.569 e. The standard InChI is InChI=1S/C21H37N7O12S/c1-4-39-21(33)26-7-9-27(10-8-26)28(34)25-40-11-12-41(35,36)14-16(19(31)23-13-18(30)37-2)24-17(29)6-5-15(22)20(32)38-3/h15-16H,4-14,22H2,1-3H3,(H,23,31)(H,24,29)/b28-25-/t15-,16-/m0/s1. The number of hydrazine groups is 1. The molecule has 0 bridgehead atoms. The van der Waals surface area contributed by atoms with Crippen LogP contribution in [0.25, 0.3) is 0 Å². The van der Waals surface area contributed by atoms with E-state index in [0.717, 1.165) is 14.2 Å². The van der Waals surface area contributed by atoms with Gasteiger partial charge in [-0.1, -0.05) is 0 Å². The van der Waals surface area contributed by atoms with Gasteiger partial charge < -0.3 is 45.5 Å². The first kappa shape index (κ1) is 35.1. The summed E-state index contributed by atoms with van der Waals surface area (Å²) in [5.74, 6) is -4.89. The van der Waals surface area contributed by atoms with Gasteiger partial charge in [0.05, 0.1) is 50.4 Å². The lowest BCUT2D eigenvalue weighted by Gasteiger charge is -2.30. The van der Waals surface area contributed by atoms with E-state index in [1.807, 2.05) is 0 Å². The van der Waals surface area contributed by atoms with Crippen molar-refractivity contribution >= 4 is 39.7 Å². The molecule has 1 fully saturated rings. The smallest absolute Gasteiger partial charge is 0.409 e. The lowest BCUT2D eigenvalue weighted by Crippen LogP contribution is -2.52. The number of nitrogens with zero attached hydrogens (tertiary/aromatic N) is 4. The van der Waals surface area contributed by atoms with Gasteiger partial charge in [0.1, 0.15) is 25.2 Å². The Morgan fingerprint density at radius 3 is 2.34 bits per heavy atom. The summed E-state index contributed by atoms with van der Waals surface area (Å²) in [5.41, 5.74) is 5.58. The van der Waals surface area contributed by atoms with E-state index in [4.69, 9.17) is 15.3 Å². The van der Waals surface area contributed by atoms with E-state index in [2.05, 4.69) is 25.4 Å². The van der Waals surface area contributed by atoms with Crippen LogP contribution in [0.5, 0.6) is 0 Å². The van der Waals surface area contributed by atoms with Crippen molar-refractivity contribution in [3.63, 3.8) is 0 Å². The molecule has 41 heavy (non-hydrogen) atoms. The normalized spacial score (nSPS) is 15.3. The van der Waals surface area contributed by atoms with Gasteiger partial charge in [-0.25, -0.2) is 13.2 Å². The molecule has 0 saturated carbocycles. The van der Waals surface area contributed by atoms with Gasteiger partial charge in [0.25, 0.3) is 0 Å². The second-order valence-electron chi connectivity index (χ2n) is 8.50. The average molecular weight is 612 g/mol. The first-order chi connectivity index (χ1) is 19.3. The van der Waals surface area contributed by atoms with Crippen molar-refractivity contribution in [1.29, 1.82) is 0 Å². The number of piperazine rings is 1. The van der Waals surface area contributed by atoms with Gasteiger partial charge in [-0.15, -0.1) is 5.01 Å². The summed E-state index contributed by atoms with van der Waals surface area (Å²) in [6.45, 7) is 1.46. The zero-order valence-electron chi connectivity index (χ0n) is 23.1. The Morgan fingerprint density at radius 1 is 1.10 bits per heavy atom. The summed E-state index contributed by atoms with van der Waals surface area (Å²) >= 11 is 0. The predicted octanol–water partition coefficient (Wildman–Crippen LogP) is -2.96. The van der Waals surface area contributed by atoms with Crippen molar-refractivity contribution < 1.29 is 56.4 Å². The quantitative estimate of drug-likeness (QED) is 0.0394. The van der Waals surface area contributed by atoms with E-state index in [1.54, 1.807) is 6.92 Å². The number of sulfone groups is 1. The van der Waals surface area contributed by atoms with Gasteiger partial charge >= 0.3 is 18.0 Å². The monoisotopic (exact) mass is 611 g/mol. The highest BCUT2D eigenvalue weighted by Crippen LogP contribution is 2.05. The Labute approximate surface area is 236 Å². The molecule has 0 aromatic carbocycles. The molecule has 1 aliphatic heterocycles. The number of methoxy groups -OCH3 is 2. The molecule has 19 nitrogen and oxygen atoms in total. The molecule has 1 heterocycles. The van der Waals surface area contributed by atoms with Crippen LogP contribution in [0.15, 0.2) is 5.28 Å². The fraction of sp³-hybridized carbons (Fsp3) is 0.762. The molecule has 3 amide bonds. The molecule has 0 aromatic rings. The summed E-state index contributed by atoms with van der Waals surface area (Å²) in [5, 5.41) is 21.1. The molecule has 0 aliphatic carbocycles. The number of nitrogens with one attached hydrogen (secondary N) is 2. The van der Waals surface area contributed by atoms with E-state index in [0.29, 0.717) is 0 Å². The highest BCUT2D eigenvalue weighted by atomic mass is 32.2. The molecule has 1 saturated heterocycles. The highest BCUT2D eigenvalue weighted by molar-refractivity contribution is 7.91.